The van der Waals surface area contributed by atoms with Crippen LogP contribution in [0.4, 0.5) is 10.7 Å². The van der Waals surface area contributed by atoms with E-state index in [4.69, 9.17) is 16.3 Å². The Bertz CT molecular complexity index is 622. The van der Waals surface area contributed by atoms with Crippen LogP contribution in [0.1, 0.15) is 19.7 Å². The number of anilines is 1. The van der Waals surface area contributed by atoms with Crippen molar-refractivity contribution in [2.45, 2.75) is 31.4 Å². The van der Waals surface area contributed by atoms with Crippen LogP contribution in [0.25, 0.3) is 0 Å². The van der Waals surface area contributed by atoms with Crippen molar-refractivity contribution in [1.29, 1.82) is 0 Å². The van der Waals surface area contributed by atoms with Gasteiger partial charge in [-0.2, -0.15) is 15.0 Å². The minimum atomic E-state index is -3.90. The first kappa shape index (κ1) is 17.4. The zero-order valence-electron chi connectivity index (χ0n) is 11.9. The van der Waals surface area contributed by atoms with Gasteiger partial charge in [-0.25, -0.2) is 17.9 Å². The molecule has 0 saturated heterocycles. The number of hydrogen-bond acceptors (Lipinski definition) is 7. The third kappa shape index (κ3) is 4.97. The maximum absolute atomic E-state index is 11.8. The van der Waals surface area contributed by atoms with E-state index < -0.39 is 26.7 Å². The van der Waals surface area contributed by atoms with Gasteiger partial charge in [0.1, 0.15) is 5.82 Å². The molecule has 2 unspecified atom stereocenters. The number of amides is 2. The molecule has 0 fully saturated rings. The Morgan fingerprint density at radius 2 is 1.90 bits per heavy atom. The van der Waals surface area contributed by atoms with Gasteiger partial charge in [-0.3, -0.25) is 5.32 Å². The van der Waals surface area contributed by atoms with Crippen LogP contribution in [0.15, 0.2) is 0 Å². The van der Waals surface area contributed by atoms with Gasteiger partial charge in [-0.05, 0) is 20.8 Å². The monoisotopic (exact) mass is 337 g/mol. The molecule has 1 aromatic heterocycles. The molecule has 0 spiro atoms. The fourth-order valence-electron chi connectivity index (χ4n) is 1.20. The zero-order valence-corrected chi connectivity index (χ0v) is 13.5. The summed E-state index contributed by atoms with van der Waals surface area (Å²) in [7, 11) is -2.55. The van der Waals surface area contributed by atoms with Crippen molar-refractivity contribution in [2.75, 3.05) is 12.4 Å². The second-order valence-corrected chi connectivity index (χ2v) is 6.90. The Hall–Kier alpha value is -1.68. The second-order valence-electron chi connectivity index (χ2n) is 4.18. The van der Waals surface area contributed by atoms with E-state index in [2.05, 4.69) is 20.3 Å². The number of aryl methyl sites for hydroxylation is 1. The minimum Gasteiger partial charge on any atom is -0.467 e. The van der Waals surface area contributed by atoms with Crippen molar-refractivity contribution in [2.24, 2.45) is 0 Å². The molecule has 2 atom stereocenters. The summed E-state index contributed by atoms with van der Waals surface area (Å²) in [5.74, 6) is 0.182. The van der Waals surface area contributed by atoms with Gasteiger partial charge in [0.15, 0.2) is 0 Å². The molecule has 0 bridgehead atoms. The van der Waals surface area contributed by atoms with Crippen LogP contribution in [0, 0.1) is 6.92 Å². The number of carbonyl (C=O) groups excluding carboxylic acids is 1. The summed E-state index contributed by atoms with van der Waals surface area (Å²) in [6, 6.07) is -0.991. The first-order chi connectivity index (χ1) is 9.65. The van der Waals surface area contributed by atoms with Gasteiger partial charge in [0, 0.05) is 5.38 Å². The van der Waals surface area contributed by atoms with Crippen molar-refractivity contribution >= 4 is 33.6 Å². The Balaban J connectivity index is 2.81. The molecule has 118 valence electrons. The lowest BCUT2D eigenvalue weighted by Gasteiger charge is -2.15. The molecule has 0 radical (unpaired) electrons. The molecule has 1 aromatic rings. The molecule has 21 heavy (non-hydrogen) atoms. The first-order valence-corrected chi connectivity index (χ1v) is 7.87. The van der Waals surface area contributed by atoms with Gasteiger partial charge in [0.2, 0.25) is 16.0 Å². The minimum absolute atomic E-state index is 0.00315. The molecule has 2 amide bonds. The van der Waals surface area contributed by atoms with E-state index in [1.165, 1.54) is 21.0 Å². The summed E-state index contributed by atoms with van der Waals surface area (Å²) in [5.41, 5.74) is 0. The van der Waals surface area contributed by atoms with Crippen LogP contribution in [0.2, 0.25) is 0 Å². The highest BCUT2D eigenvalue weighted by Crippen LogP contribution is 2.10. The van der Waals surface area contributed by atoms with Crippen molar-refractivity contribution in [3.05, 3.63) is 5.82 Å². The number of ether oxygens (including phenoxy) is 1. The SMILES string of the molecule is COc1nc(C)nc(NC(=O)NS(=O)(=O)C(C)C(C)Cl)n1. The fourth-order valence-corrected chi connectivity index (χ4v) is 2.60. The molecule has 1 rings (SSSR count). The van der Waals surface area contributed by atoms with Crippen molar-refractivity contribution in [3.8, 4) is 6.01 Å². The number of sulfonamides is 1. The van der Waals surface area contributed by atoms with Gasteiger partial charge >= 0.3 is 12.0 Å². The molecule has 0 aromatic carbocycles. The number of methoxy groups -OCH3 is 1. The molecule has 0 saturated carbocycles. The summed E-state index contributed by atoms with van der Waals surface area (Å²) in [5, 5.41) is 0.590. The molecular formula is C10H16ClN5O4S. The van der Waals surface area contributed by atoms with Crippen molar-refractivity contribution in [3.63, 3.8) is 0 Å². The van der Waals surface area contributed by atoms with E-state index in [0.29, 0.717) is 5.82 Å². The predicted molar refractivity (Wildman–Crippen MR) is 77.0 cm³/mol. The summed E-state index contributed by atoms with van der Waals surface area (Å²) in [6.45, 7) is 4.48. The number of nitrogens with zero attached hydrogens (tertiary/aromatic N) is 3. The maximum Gasteiger partial charge on any atom is 0.335 e. The Morgan fingerprint density at radius 3 is 2.43 bits per heavy atom. The molecule has 2 N–H and O–H groups in total. The van der Waals surface area contributed by atoms with Crippen molar-refractivity contribution in [1.82, 2.24) is 19.7 Å². The topological polar surface area (TPSA) is 123 Å². The van der Waals surface area contributed by atoms with E-state index in [9.17, 15) is 13.2 Å². The molecule has 1 heterocycles. The van der Waals surface area contributed by atoms with Crippen LogP contribution in [0.3, 0.4) is 0 Å². The third-order valence-electron chi connectivity index (χ3n) is 2.51. The van der Waals surface area contributed by atoms with Crippen LogP contribution in [0.5, 0.6) is 6.01 Å². The number of alkyl halides is 1. The molecule has 0 aliphatic rings. The van der Waals surface area contributed by atoms with Gasteiger partial charge in [0.05, 0.1) is 12.4 Å². The summed E-state index contributed by atoms with van der Waals surface area (Å²) >= 11 is 5.72. The molecule has 0 aliphatic carbocycles. The maximum atomic E-state index is 11.8. The number of halogens is 1. The Kier molecular flexibility index (Phi) is 5.67. The summed E-state index contributed by atoms with van der Waals surface area (Å²) in [6.07, 6.45) is 0. The first-order valence-electron chi connectivity index (χ1n) is 5.89. The largest absolute Gasteiger partial charge is 0.467 e. The normalized spacial score (nSPS) is 14.1. The van der Waals surface area contributed by atoms with Crippen LogP contribution in [-0.2, 0) is 10.0 Å². The molecule has 0 aliphatic heterocycles. The standard InChI is InChI=1S/C10H16ClN5O4S/c1-5(11)6(2)21(18,19)16-9(17)14-8-12-7(3)13-10(15-8)20-4/h5-6H,1-4H3,(H2,12,13,14,15,16,17). The van der Waals surface area contributed by atoms with Crippen LogP contribution < -0.4 is 14.8 Å². The lowest BCUT2D eigenvalue weighted by molar-refractivity contribution is 0.256. The summed E-state index contributed by atoms with van der Waals surface area (Å²) in [4.78, 5) is 23.1. The highest BCUT2D eigenvalue weighted by Gasteiger charge is 2.27. The number of nitrogens with one attached hydrogen (secondary N) is 2. The van der Waals surface area contributed by atoms with Gasteiger partial charge in [0.25, 0.3) is 0 Å². The second kappa shape index (κ2) is 6.85. The average Bonchev–Trinajstić information content (AvgIpc) is 2.35. The quantitative estimate of drug-likeness (QED) is 0.756. The van der Waals surface area contributed by atoms with Gasteiger partial charge < -0.3 is 4.74 Å². The van der Waals surface area contributed by atoms with E-state index >= 15 is 0 Å². The van der Waals surface area contributed by atoms with Crippen LogP contribution >= 0.6 is 11.6 Å². The fraction of sp³-hybridized carbons (Fsp3) is 0.600. The molecular weight excluding hydrogens is 322 g/mol. The number of hydrogen-bond donors (Lipinski definition) is 2. The molecule has 9 nitrogen and oxygen atoms in total. The highest BCUT2D eigenvalue weighted by molar-refractivity contribution is 7.90. The Morgan fingerprint density at radius 1 is 1.29 bits per heavy atom. The van der Waals surface area contributed by atoms with Gasteiger partial charge in [-0.1, -0.05) is 0 Å². The van der Waals surface area contributed by atoms with E-state index in [0.717, 1.165) is 0 Å². The Labute approximate surface area is 127 Å². The van der Waals surface area contributed by atoms with Crippen LogP contribution in [-0.4, -0.2) is 47.1 Å². The highest BCUT2D eigenvalue weighted by atomic mass is 35.5. The third-order valence-corrected chi connectivity index (χ3v) is 4.89. The van der Waals surface area contributed by atoms with E-state index in [1.54, 1.807) is 6.92 Å². The zero-order chi connectivity index (χ0) is 16.2. The molecule has 11 heteroatoms. The number of carbonyl (C=O) groups is 1. The average molecular weight is 338 g/mol. The summed E-state index contributed by atoms with van der Waals surface area (Å²) < 4.78 is 30.3. The lowest BCUT2D eigenvalue weighted by atomic mass is 10.4. The van der Waals surface area contributed by atoms with E-state index in [-0.39, 0.29) is 12.0 Å². The van der Waals surface area contributed by atoms with E-state index in [1.807, 2.05) is 4.72 Å². The number of rotatable bonds is 5. The van der Waals surface area contributed by atoms with Crippen molar-refractivity contribution < 1.29 is 17.9 Å². The number of urea groups is 1. The lowest BCUT2D eigenvalue weighted by Crippen LogP contribution is -2.42. The smallest absolute Gasteiger partial charge is 0.335 e. The predicted octanol–water partition coefficient (Wildman–Crippen LogP) is 0.656. The number of aromatic nitrogens is 3. The van der Waals surface area contributed by atoms with Gasteiger partial charge in [-0.15, -0.1) is 11.6 Å².